The van der Waals surface area contributed by atoms with Gasteiger partial charge in [0, 0.05) is 0 Å². The summed E-state index contributed by atoms with van der Waals surface area (Å²) in [6.45, 7) is 5.38. The number of alkyl halides is 1. The van der Waals surface area contributed by atoms with Crippen LogP contribution < -0.4 is 0 Å². The van der Waals surface area contributed by atoms with Crippen molar-refractivity contribution in [3.63, 3.8) is 0 Å². The molecule has 0 aromatic carbocycles. The Kier molecular flexibility index (Phi) is 4.39. The fourth-order valence-electron chi connectivity index (χ4n) is 1.48. The molecular formula is C10H16FN3O2. The van der Waals surface area contributed by atoms with Crippen molar-refractivity contribution in [2.75, 3.05) is 13.3 Å². The number of esters is 1. The molecule has 5 nitrogen and oxygen atoms in total. The Morgan fingerprint density at radius 2 is 2.25 bits per heavy atom. The second kappa shape index (κ2) is 5.58. The minimum atomic E-state index is -0.536. The molecule has 1 rings (SSSR count). The van der Waals surface area contributed by atoms with Crippen LogP contribution in [0.1, 0.15) is 42.9 Å². The van der Waals surface area contributed by atoms with Gasteiger partial charge in [0.05, 0.1) is 18.8 Å². The summed E-state index contributed by atoms with van der Waals surface area (Å²) in [6.07, 6.45) is 0. The smallest absolute Gasteiger partial charge is 0.360 e. The third kappa shape index (κ3) is 2.56. The lowest BCUT2D eigenvalue weighted by atomic mass is 10.1. The van der Waals surface area contributed by atoms with E-state index in [9.17, 15) is 9.18 Å². The molecule has 0 bridgehead atoms. The SMILES string of the molecule is CCOC(=O)c1nnn(CCF)c1C(C)C. The molecule has 0 N–H and O–H groups in total. The van der Waals surface area contributed by atoms with Crippen molar-refractivity contribution in [1.29, 1.82) is 0 Å². The van der Waals surface area contributed by atoms with E-state index in [1.807, 2.05) is 13.8 Å². The lowest BCUT2D eigenvalue weighted by Crippen LogP contribution is -2.13. The Labute approximate surface area is 93.6 Å². The van der Waals surface area contributed by atoms with Gasteiger partial charge in [-0.15, -0.1) is 5.10 Å². The largest absolute Gasteiger partial charge is 0.461 e. The van der Waals surface area contributed by atoms with E-state index in [1.54, 1.807) is 6.92 Å². The van der Waals surface area contributed by atoms with E-state index in [0.29, 0.717) is 5.69 Å². The quantitative estimate of drug-likeness (QED) is 0.719. The molecule has 0 amide bonds. The molecule has 0 aliphatic rings. The summed E-state index contributed by atoms with van der Waals surface area (Å²) >= 11 is 0. The number of halogens is 1. The zero-order chi connectivity index (χ0) is 12.1. The fraction of sp³-hybridized carbons (Fsp3) is 0.700. The molecule has 0 unspecified atom stereocenters. The molecule has 1 aromatic rings. The monoisotopic (exact) mass is 229 g/mol. The summed E-state index contributed by atoms with van der Waals surface area (Å²) in [5.74, 6) is -0.461. The van der Waals surface area contributed by atoms with E-state index in [0.717, 1.165) is 0 Å². The van der Waals surface area contributed by atoms with Gasteiger partial charge in [0.15, 0.2) is 5.69 Å². The van der Waals surface area contributed by atoms with Gasteiger partial charge in [0.25, 0.3) is 0 Å². The molecule has 1 aromatic heterocycles. The van der Waals surface area contributed by atoms with E-state index in [1.165, 1.54) is 4.68 Å². The van der Waals surface area contributed by atoms with E-state index in [2.05, 4.69) is 10.3 Å². The van der Waals surface area contributed by atoms with Gasteiger partial charge in [-0.3, -0.25) is 0 Å². The first-order valence-electron chi connectivity index (χ1n) is 5.28. The van der Waals surface area contributed by atoms with Crippen LogP contribution in [0, 0.1) is 0 Å². The van der Waals surface area contributed by atoms with Crippen molar-refractivity contribution in [1.82, 2.24) is 15.0 Å². The van der Waals surface area contributed by atoms with Gasteiger partial charge in [-0.05, 0) is 12.8 Å². The highest BCUT2D eigenvalue weighted by atomic mass is 19.1. The van der Waals surface area contributed by atoms with Crippen molar-refractivity contribution < 1.29 is 13.9 Å². The molecule has 0 spiro atoms. The third-order valence-electron chi connectivity index (χ3n) is 2.09. The first-order chi connectivity index (χ1) is 7.61. The first kappa shape index (κ1) is 12.6. The second-order valence-corrected chi connectivity index (χ2v) is 3.61. The van der Waals surface area contributed by atoms with Crippen LogP contribution in [0.2, 0.25) is 0 Å². The number of aryl methyl sites for hydroxylation is 1. The highest BCUT2D eigenvalue weighted by Crippen LogP contribution is 2.18. The van der Waals surface area contributed by atoms with Crippen molar-refractivity contribution in [3.8, 4) is 0 Å². The fourth-order valence-corrected chi connectivity index (χ4v) is 1.48. The molecule has 0 aliphatic carbocycles. The Balaban J connectivity index is 3.04. The van der Waals surface area contributed by atoms with Gasteiger partial charge in [-0.2, -0.15) is 0 Å². The van der Waals surface area contributed by atoms with E-state index >= 15 is 0 Å². The molecule has 1 heterocycles. The molecule has 0 fully saturated rings. The Morgan fingerprint density at radius 1 is 1.56 bits per heavy atom. The lowest BCUT2D eigenvalue weighted by Gasteiger charge is -2.08. The normalized spacial score (nSPS) is 10.8. The highest BCUT2D eigenvalue weighted by molar-refractivity contribution is 5.88. The van der Waals surface area contributed by atoms with E-state index in [4.69, 9.17) is 4.74 Å². The number of rotatable bonds is 5. The first-order valence-corrected chi connectivity index (χ1v) is 5.28. The number of aromatic nitrogens is 3. The second-order valence-electron chi connectivity index (χ2n) is 3.61. The van der Waals surface area contributed by atoms with Crippen LogP contribution >= 0.6 is 0 Å². The molecule has 0 radical (unpaired) electrons. The zero-order valence-corrected chi connectivity index (χ0v) is 9.73. The highest BCUT2D eigenvalue weighted by Gasteiger charge is 2.22. The number of carbonyl (C=O) groups excluding carboxylic acids is 1. The van der Waals surface area contributed by atoms with Crippen molar-refractivity contribution >= 4 is 5.97 Å². The lowest BCUT2D eigenvalue weighted by molar-refractivity contribution is 0.0517. The number of nitrogens with zero attached hydrogens (tertiary/aromatic N) is 3. The van der Waals surface area contributed by atoms with Crippen LogP contribution in [0.25, 0.3) is 0 Å². The van der Waals surface area contributed by atoms with Crippen LogP contribution in [-0.4, -0.2) is 34.2 Å². The minimum Gasteiger partial charge on any atom is -0.461 e. The topological polar surface area (TPSA) is 57.0 Å². The van der Waals surface area contributed by atoms with E-state index in [-0.39, 0.29) is 24.8 Å². The summed E-state index contributed by atoms with van der Waals surface area (Å²) in [4.78, 5) is 11.6. The molecular weight excluding hydrogens is 213 g/mol. The molecule has 16 heavy (non-hydrogen) atoms. The zero-order valence-electron chi connectivity index (χ0n) is 9.73. The molecule has 0 saturated carbocycles. The Hall–Kier alpha value is -1.46. The van der Waals surface area contributed by atoms with Gasteiger partial charge in [0.2, 0.25) is 0 Å². The van der Waals surface area contributed by atoms with Crippen molar-refractivity contribution in [3.05, 3.63) is 11.4 Å². The van der Waals surface area contributed by atoms with E-state index < -0.39 is 12.6 Å². The summed E-state index contributed by atoms with van der Waals surface area (Å²) in [5, 5.41) is 7.50. The van der Waals surface area contributed by atoms with Crippen LogP contribution in [0.15, 0.2) is 0 Å². The van der Waals surface area contributed by atoms with Crippen LogP contribution in [0.5, 0.6) is 0 Å². The number of hydrogen-bond donors (Lipinski definition) is 0. The average Bonchev–Trinajstić information content (AvgIpc) is 2.62. The van der Waals surface area contributed by atoms with Crippen LogP contribution in [-0.2, 0) is 11.3 Å². The predicted octanol–water partition coefficient (Wildman–Crippen LogP) is 1.55. The number of hydrogen-bond acceptors (Lipinski definition) is 4. The predicted molar refractivity (Wildman–Crippen MR) is 56.0 cm³/mol. The molecule has 6 heteroatoms. The summed E-state index contributed by atoms with van der Waals surface area (Å²) in [7, 11) is 0. The molecule has 0 aliphatic heterocycles. The van der Waals surface area contributed by atoms with Gasteiger partial charge < -0.3 is 4.74 Å². The van der Waals surface area contributed by atoms with Gasteiger partial charge in [-0.1, -0.05) is 19.1 Å². The number of ether oxygens (including phenoxy) is 1. The van der Waals surface area contributed by atoms with Crippen molar-refractivity contribution in [2.45, 2.75) is 33.2 Å². The summed E-state index contributed by atoms with van der Waals surface area (Å²) in [6, 6.07) is 0. The van der Waals surface area contributed by atoms with Crippen LogP contribution in [0.4, 0.5) is 4.39 Å². The minimum absolute atomic E-state index is 0.0426. The maximum absolute atomic E-state index is 12.3. The maximum atomic E-state index is 12.3. The van der Waals surface area contributed by atoms with Gasteiger partial charge in [-0.25, -0.2) is 13.9 Å². The van der Waals surface area contributed by atoms with Crippen molar-refractivity contribution in [2.24, 2.45) is 0 Å². The molecule has 0 saturated heterocycles. The maximum Gasteiger partial charge on any atom is 0.360 e. The molecule has 90 valence electrons. The van der Waals surface area contributed by atoms with Gasteiger partial charge >= 0.3 is 5.97 Å². The average molecular weight is 229 g/mol. The van der Waals surface area contributed by atoms with Gasteiger partial charge in [0.1, 0.15) is 6.67 Å². The van der Waals surface area contributed by atoms with Crippen LogP contribution in [0.3, 0.4) is 0 Å². The summed E-state index contributed by atoms with van der Waals surface area (Å²) < 4.78 is 18.6. The third-order valence-corrected chi connectivity index (χ3v) is 2.09. The Bertz CT molecular complexity index is 363. The molecule has 0 atom stereocenters. The number of carbonyl (C=O) groups is 1. The summed E-state index contributed by atoms with van der Waals surface area (Å²) in [5.41, 5.74) is 0.807. The standard InChI is InChI=1S/C10H16FN3O2/c1-4-16-10(15)8-9(7(2)3)14(6-5-11)13-12-8/h7H,4-6H2,1-3H3. The Morgan fingerprint density at radius 3 is 2.75 bits per heavy atom.